The van der Waals surface area contributed by atoms with E-state index >= 15 is 0 Å². The van der Waals surface area contributed by atoms with Gasteiger partial charge in [-0.1, -0.05) is 42.5 Å². The number of piperidine rings is 1. The summed E-state index contributed by atoms with van der Waals surface area (Å²) in [6, 6.07) is 16.0. The van der Waals surface area contributed by atoms with E-state index in [9.17, 15) is 8.42 Å². The van der Waals surface area contributed by atoms with Crippen LogP contribution in [0.15, 0.2) is 53.4 Å². The fourth-order valence-electron chi connectivity index (χ4n) is 3.33. The van der Waals surface area contributed by atoms with Gasteiger partial charge in [0.2, 0.25) is 10.0 Å². The minimum absolute atomic E-state index is 0.0111. The molecule has 0 spiro atoms. The minimum atomic E-state index is -3.46. The van der Waals surface area contributed by atoms with Crippen molar-refractivity contribution in [3.63, 3.8) is 0 Å². The summed E-state index contributed by atoms with van der Waals surface area (Å²) < 4.78 is 28.4. The first-order valence-electron chi connectivity index (χ1n) is 8.80. The van der Waals surface area contributed by atoms with Gasteiger partial charge in [-0.25, -0.2) is 13.1 Å². The molecule has 1 saturated heterocycles. The molecule has 1 N–H and O–H groups in total. The Morgan fingerprint density at radius 2 is 1.72 bits per heavy atom. The van der Waals surface area contributed by atoms with Crippen molar-refractivity contribution in [2.75, 3.05) is 13.1 Å². The number of hydrogen-bond donors (Lipinski definition) is 1. The summed E-state index contributed by atoms with van der Waals surface area (Å²) in [4.78, 5) is 2.79. The van der Waals surface area contributed by atoms with Crippen molar-refractivity contribution in [2.24, 2.45) is 0 Å². The number of likely N-dealkylation sites (tertiary alicyclic amines) is 1. The van der Waals surface area contributed by atoms with E-state index in [0.29, 0.717) is 4.90 Å². The lowest BCUT2D eigenvalue weighted by Gasteiger charge is -2.32. The Bertz CT molecular complexity index is 811. The predicted octanol–water partition coefficient (Wildman–Crippen LogP) is 3.25. The molecule has 4 nitrogen and oxygen atoms in total. The molecule has 1 aliphatic rings. The number of benzene rings is 2. The summed E-state index contributed by atoms with van der Waals surface area (Å²) in [6.07, 6.45) is 1.69. The van der Waals surface area contributed by atoms with Crippen LogP contribution in [0.5, 0.6) is 0 Å². The fraction of sp³-hybridized carbons (Fsp3) is 0.400. The number of rotatable bonds is 5. The summed E-state index contributed by atoms with van der Waals surface area (Å²) in [6.45, 7) is 6.51. The molecule has 1 heterocycles. The van der Waals surface area contributed by atoms with Gasteiger partial charge in [-0.15, -0.1) is 0 Å². The van der Waals surface area contributed by atoms with Crippen LogP contribution in [-0.4, -0.2) is 32.4 Å². The monoisotopic (exact) mass is 358 g/mol. The zero-order valence-electron chi connectivity index (χ0n) is 14.9. The van der Waals surface area contributed by atoms with Gasteiger partial charge in [0, 0.05) is 25.7 Å². The molecule has 134 valence electrons. The molecule has 1 fully saturated rings. The molecule has 0 atom stereocenters. The fourth-order valence-corrected chi connectivity index (χ4v) is 4.96. The molecule has 3 rings (SSSR count). The van der Waals surface area contributed by atoms with Crippen molar-refractivity contribution in [2.45, 2.75) is 44.2 Å². The SMILES string of the molecule is Cc1ccc(C)c(S(=O)(=O)NC2CCN(Cc3ccccc3)CC2)c1. The Kier molecular flexibility index (Phi) is 5.57. The Balaban J connectivity index is 1.59. The second kappa shape index (κ2) is 7.68. The molecule has 1 aliphatic heterocycles. The topological polar surface area (TPSA) is 49.4 Å². The highest BCUT2D eigenvalue weighted by molar-refractivity contribution is 7.89. The van der Waals surface area contributed by atoms with Gasteiger partial charge in [0.1, 0.15) is 0 Å². The zero-order valence-corrected chi connectivity index (χ0v) is 15.7. The standard InChI is InChI=1S/C20H26N2O2S/c1-16-8-9-17(2)20(14-16)25(23,24)21-19-10-12-22(13-11-19)15-18-6-4-3-5-7-18/h3-9,14,19,21H,10-13,15H2,1-2H3. The first-order chi connectivity index (χ1) is 11.9. The van der Waals surface area contributed by atoms with Crippen LogP contribution in [0.3, 0.4) is 0 Å². The number of aryl methyl sites for hydroxylation is 2. The molecule has 0 radical (unpaired) electrons. The third kappa shape index (κ3) is 4.69. The van der Waals surface area contributed by atoms with E-state index in [-0.39, 0.29) is 6.04 Å². The van der Waals surface area contributed by atoms with E-state index < -0.39 is 10.0 Å². The number of hydrogen-bond acceptors (Lipinski definition) is 3. The van der Waals surface area contributed by atoms with Crippen LogP contribution in [0.1, 0.15) is 29.5 Å². The summed E-state index contributed by atoms with van der Waals surface area (Å²) in [7, 11) is -3.46. The summed E-state index contributed by atoms with van der Waals surface area (Å²) in [5.74, 6) is 0. The highest BCUT2D eigenvalue weighted by Crippen LogP contribution is 2.20. The first-order valence-corrected chi connectivity index (χ1v) is 10.3. The Labute approximate surface area is 150 Å². The van der Waals surface area contributed by atoms with Gasteiger partial charge in [0.05, 0.1) is 4.90 Å². The maximum Gasteiger partial charge on any atom is 0.241 e. The molecular weight excluding hydrogens is 332 g/mol. The van der Waals surface area contributed by atoms with Gasteiger partial charge in [-0.2, -0.15) is 0 Å². The van der Waals surface area contributed by atoms with Gasteiger partial charge < -0.3 is 0 Å². The van der Waals surface area contributed by atoms with Crippen molar-refractivity contribution < 1.29 is 8.42 Å². The number of sulfonamides is 1. The lowest BCUT2D eigenvalue weighted by molar-refractivity contribution is 0.200. The van der Waals surface area contributed by atoms with Gasteiger partial charge in [0.25, 0.3) is 0 Å². The second-order valence-electron chi connectivity index (χ2n) is 6.93. The third-order valence-electron chi connectivity index (χ3n) is 4.79. The molecule has 0 aliphatic carbocycles. The van der Waals surface area contributed by atoms with Gasteiger partial charge in [0.15, 0.2) is 0 Å². The van der Waals surface area contributed by atoms with Crippen LogP contribution >= 0.6 is 0 Å². The molecule has 5 heteroatoms. The van der Waals surface area contributed by atoms with Crippen molar-refractivity contribution in [3.05, 3.63) is 65.2 Å². The normalized spacial score (nSPS) is 16.9. The predicted molar refractivity (Wildman–Crippen MR) is 101 cm³/mol. The van der Waals surface area contributed by atoms with E-state index in [4.69, 9.17) is 0 Å². The highest BCUT2D eigenvalue weighted by Gasteiger charge is 2.25. The lowest BCUT2D eigenvalue weighted by atomic mass is 10.1. The minimum Gasteiger partial charge on any atom is -0.299 e. The van der Waals surface area contributed by atoms with Gasteiger partial charge in [-0.3, -0.25) is 4.90 Å². The molecule has 2 aromatic carbocycles. The Hall–Kier alpha value is -1.69. The van der Waals surface area contributed by atoms with Crippen molar-refractivity contribution >= 4 is 10.0 Å². The molecule has 0 unspecified atom stereocenters. The van der Waals surface area contributed by atoms with E-state index in [0.717, 1.165) is 43.6 Å². The van der Waals surface area contributed by atoms with Crippen molar-refractivity contribution in [1.29, 1.82) is 0 Å². The van der Waals surface area contributed by atoms with Crippen LogP contribution in [-0.2, 0) is 16.6 Å². The average molecular weight is 359 g/mol. The number of nitrogens with zero attached hydrogens (tertiary/aromatic N) is 1. The lowest BCUT2D eigenvalue weighted by Crippen LogP contribution is -2.44. The highest BCUT2D eigenvalue weighted by atomic mass is 32.2. The van der Waals surface area contributed by atoms with Crippen molar-refractivity contribution in [1.82, 2.24) is 9.62 Å². The summed E-state index contributed by atoms with van der Waals surface area (Å²) in [5, 5.41) is 0. The molecule has 0 amide bonds. The quantitative estimate of drug-likeness (QED) is 0.893. The number of nitrogens with one attached hydrogen (secondary N) is 1. The molecule has 25 heavy (non-hydrogen) atoms. The smallest absolute Gasteiger partial charge is 0.241 e. The molecule has 0 saturated carbocycles. The van der Waals surface area contributed by atoms with Gasteiger partial charge >= 0.3 is 0 Å². The molecule has 0 aromatic heterocycles. The van der Waals surface area contributed by atoms with Crippen molar-refractivity contribution in [3.8, 4) is 0 Å². The maximum absolute atomic E-state index is 12.7. The average Bonchev–Trinajstić information content (AvgIpc) is 2.59. The molecule has 0 bridgehead atoms. The van der Waals surface area contributed by atoms with Crippen LogP contribution in [0.25, 0.3) is 0 Å². The summed E-state index contributed by atoms with van der Waals surface area (Å²) in [5.41, 5.74) is 3.06. The second-order valence-corrected chi connectivity index (χ2v) is 8.61. The first kappa shape index (κ1) is 18.1. The van der Waals surface area contributed by atoms with Gasteiger partial charge in [-0.05, 0) is 49.4 Å². The Morgan fingerprint density at radius 1 is 1.04 bits per heavy atom. The van der Waals surface area contributed by atoms with Crippen LogP contribution in [0.4, 0.5) is 0 Å². The van der Waals surface area contributed by atoms with Crippen LogP contribution in [0.2, 0.25) is 0 Å². The summed E-state index contributed by atoms with van der Waals surface area (Å²) >= 11 is 0. The van der Waals surface area contributed by atoms with E-state index in [1.54, 1.807) is 6.07 Å². The van der Waals surface area contributed by atoms with E-state index in [1.165, 1.54) is 5.56 Å². The third-order valence-corrected chi connectivity index (χ3v) is 6.45. The maximum atomic E-state index is 12.7. The Morgan fingerprint density at radius 3 is 2.40 bits per heavy atom. The van der Waals surface area contributed by atoms with E-state index in [2.05, 4.69) is 33.9 Å². The van der Waals surface area contributed by atoms with Crippen LogP contribution < -0.4 is 4.72 Å². The molecular formula is C20H26N2O2S. The zero-order chi connectivity index (χ0) is 17.9. The van der Waals surface area contributed by atoms with Crippen LogP contribution in [0, 0.1) is 13.8 Å². The van der Waals surface area contributed by atoms with E-state index in [1.807, 2.05) is 32.0 Å². The largest absolute Gasteiger partial charge is 0.299 e. The molecule has 2 aromatic rings.